The fraction of sp³-hybridized carbons (Fsp3) is 0.391. The molecular formula is C23H27F3N6OS. The Morgan fingerprint density at radius 2 is 1.94 bits per heavy atom. The van der Waals surface area contributed by atoms with E-state index in [-0.39, 0.29) is 32.0 Å². The molecule has 0 saturated carbocycles. The molecule has 0 radical (unpaired) electrons. The van der Waals surface area contributed by atoms with Gasteiger partial charge in [0.15, 0.2) is 0 Å². The largest absolute Gasteiger partial charge is 0.433 e. The Kier molecular flexibility index (Phi) is 7.54. The van der Waals surface area contributed by atoms with Crippen LogP contribution in [0.4, 0.5) is 24.5 Å². The van der Waals surface area contributed by atoms with Gasteiger partial charge in [-0.15, -0.1) is 0 Å². The van der Waals surface area contributed by atoms with Crippen molar-refractivity contribution in [2.24, 2.45) is 0 Å². The maximum absolute atomic E-state index is 12.9. The standard InChI is InChI=1S/C23H25F3N6O.H2S/c1-4-18-22(33)30-21-14(2)29-17(10-19(21)31(18)3)6-5-16-11-28-32(13-16)12-15-7-8-27-20(9-15)23(24,25)26;/h7-11,13,18H,4-6,12H2,1-3H3,(H,30,33);1H2/t18-;/m0./s1. The Morgan fingerprint density at radius 1 is 1.18 bits per heavy atom. The molecule has 0 unspecified atom stereocenters. The van der Waals surface area contributed by atoms with Crippen LogP contribution < -0.4 is 10.2 Å². The second kappa shape index (κ2) is 10.0. The van der Waals surface area contributed by atoms with Gasteiger partial charge in [-0.1, -0.05) is 6.92 Å². The minimum absolute atomic E-state index is 0. The average Bonchev–Trinajstić information content (AvgIpc) is 3.20. The summed E-state index contributed by atoms with van der Waals surface area (Å²) in [6.45, 7) is 4.09. The van der Waals surface area contributed by atoms with E-state index in [0.29, 0.717) is 24.8 Å². The number of alkyl halides is 3. The van der Waals surface area contributed by atoms with E-state index in [1.807, 2.05) is 38.1 Å². The number of likely N-dealkylation sites (N-methyl/N-ethyl adjacent to an activating group) is 1. The fourth-order valence-corrected chi connectivity index (χ4v) is 4.10. The maximum atomic E-state index is 12.9. The fourth-order valence-electron chi connectivity index (χ4n) is 4.10. The summed E-state index contributed by atoms with van der Waals surface area (Å²) >= 11 is 0. The van der Waals surface area contributed by atoms with Crippen molar-refractivity contribution in [1.29, 1.82) is 0 Å². The van der Waals surface area contributed by atoms with Crippen LogP contribution in [0, 0.1) is 6.92 Å². The lowest BCUT2D eigenvalue weighted by atomic mass is 10.0. The molecule has 0 bridgehead atoms. The first-order chi connectivity index (χ1) is 15.7. The van der Waals surface area contributed by atoms with Gasteiger partial charge in [0, 0.05) is 25.1 Å². The molecule has 34 heavy (non-hydrogen) atoms. The van der Waals surface area contributed by atoms with Crippen LogP contribution in [0.5, 0.6) is 0 Å². The van der Waals surface area contributed by atoms with Crippen molar-refractivity contribution in [3.8, 4) is 0 Å². The smallest absolute Gasteiger partial charge is 0.361 e. The monoisotopic (exact) mass is 492 g/mol. The van der Waals surface area contributed by atoms with E-state index in [4.69, 9.17) is 0 Å². The molecule has 1 aliphatic rings. The molecule has 3 aromatic heterocycles. The van der Waals surface area contributed by atoms with Gasteiger partial charge in [0.25, 0.3) is 0 Å². The van der Waals surface area contributed by atoms with E-state index >= 15 is 0 Å². The number of hydrogen-bond acceptors (Lipinski definition) is 5. The number of aryl methyl sites for hydroxylation is 3. The van der Waals surface area contributed by atoms with Crippen molar-refractivity contribution in [2.75, 3.05) is 17.3 Å². The number of amides is 1. The van der Waals surface area contributed by atoms with Gasteiger partial charge in [-0.25, -0.2) is 0 Å². The molecule has 1 N–H and O–H groups in total. The van der Waals surface area contributed by atoms with Crippen LogP contribution in [0.1, 0.15) is 41.6 Å². The molecule has 1 amide bonds. The van der Waals surface area contributed by atoms with Crippen LogP contribution in [0.3, 0.4) is 0 Å². The number of nitrogens with zero attached hydrogens (tertiary/aromatic N) is 5. The summed E-state index contributed by atoms with van der Waals surface area (Å²) < 4.78 is 40.2. The summed E-state index contributed by atoms with van der Waals surface area (Å²) in [6, 6.07) is 4.39. The van der Waals surface area contributed by atoms with Crippen LogP contribution in [0.2, 0.25) is 0 Å². The number of carbonyl (C=O) groups is 1. The number of fused-ring (bicyclic) bond motifs is 1. The van der Waals surface area contributed by atoms with E-state index in [2.05, 4.69) is 20.4 Å². The van der Waals surface area contributed by atoms with Gasteiger partial charge in [0.1, 0.15) is 11.7 Å². The van der Waals surface area contributed by atoms with E-state index in [1.165, 1.54) is 0 Å². The Bertz CT molecular complexity index is 1180. The number of hydrogen-bond donors (Lipinski definition) is 1. The van der Waals surface area contributed by atoms with E-state index < -0.39 is 11.9 Å². The second-order valence-electron chi connectivity index (χ2n) is 8.21. The van der Waals surface area contributed by atoms with Crippen molar-refractivity contribution in [3.63, 3.8) is 0 Å². The Morgan fingerprint density at radius 3 is 2.65 bits per heavy atom. The molecule has 0 saturated heterocycles. The lowest BCUT2D eigenvalue weighted by molar-refractivity contribution is -0.141. The number of rotatable bonds is 6. The molecule has 3 aromatic rings. The van der Waals surface area contributed by atoms with Crippen molar-refractivity contribution < 1.29 is 18.0 Å². The summed E-state index contributed by atoms with van der Waals surface area (Å²) in [7, 11) is 1.92. The van der Waals surface area contributed by atoms with Crippen LogP contribution in [0.15, 0.2) is 36.8 Å². The Labute approximate surface area is 202 Å². The van der Waals surface area contributed by atoms with Crippen LogP contribution in [0.25, 0.3) is 0 Å². The minimum atomic E-state index is -4.47. The molecule has 4 rings (SSSR count). The Balaban J connectivity index is 0.00000324. The molecule has 7 nitrogen and oxygen atoms in total. The third-order valence-electron chi connectivity index (χ3n) is 5.83. The predicted octanol–water partition coefficient (Wildman–Crippen LogP) is 4.11. The highest BCUT2D eigenvalue weighted by Crippen LogP contribution is 2.34. The van der Waals surface area contributed by atoms with Crippen molar-refractivity contribution in [1.82, 2.24) is 19.7 Å². The van der Waals surface area contributed by atoms with Gasteiger partial charge < -0.3 is 10.2 Å². The quantitative estimate of drug-likeness (QED) is 0.561. The molecule has 0 fully saturated rings. The highest BCUT2D eigenvalue weighted by Gasteiger charge is 2.32. The van der Waals surface area contributed by atoms with Crippen molar-refractivity contribution in [2.45, 2.75) is 51.9 Å². The molecule has 182 valence electrons. The third-order valence-corrected chi connectivity index (χ3v) is 5.83. The first-order valence-corrected chi connectivity index (χ1v) is 10.7. The lowest BCUT2D eigenvalue weighted by Crippen LogP contribution is -2.46. The summed E-state index contributed by atoms with van der Waals surface area (Å²) in [4.78, 5) is 22.3. The van der Waals surface area contributed by atoms with Crippen LogP contribution >= 0.6 is 13.5 Å². The average molecular weight is 493 g/mol. The minimum Gasteiger partial charge on any atom is -0.361 e. The zero-order valence-electron chi connectivity index (χ0n) is 19.1. The molecule has 1 atom stereocenters. The number of anilines is 2. The number of carbonyl (C=O) groups excluding carboxylic acids is 1. The normalized spacial score (nSPS) is 15.5. The van der Waals surface area contributed by atoms with Gasteiger partial charge >= 0.3 is 6.18 Å². The molecule has 1 aliphatic heterocycles. The molecule has 0 spiro atoms. The van der Waals surface area contributed by atoms with Crippen LogP contribution in [-0.4, -0.2) is 38.7 Å². The predicted molar refractivity (Wildman–Crippen MR) is 128 cm³/mol. The van der Waals surface area contributed by atoms with Crippen LogP contribution in [-0.2, 0) is 30.4 Å². The molecule has 0 aromatic carbocycles. The third kappa shape index (κ3) is 5.35. The summed E-state index contributed by atoms with van der Waals surface area (Å²) in [5, 5.41) is 7.25. The van der Waals surface area contributed by atoms with Crippen molar-refractivity contribution in [3.05, 3.63) is 65.0 Å². The molecule has 4 heterocycles. The van der Waals surface area contributed by atoms with Gasteiger partial charge in [-0.3, -0.25) is 19.4 Å². The second-order valence-corrected chi connectivity index (χ2v) is 8.21. The number of aromatic nitrogens is 4. The van der Waals surface area contributed by atoms with Gasteiger partial charge in [0.2, 0.25) is 5.91 Å². The van der Waals surface area contributed by atoms with E-state index in [1.54, 1.807) is 16.9 Å². The first-order valence-electron chi connectivity index (χ1n) is 10.7. The SMILES string of the molecule is CC[C@H]1C(=O)Nc2c(cc(CCc3cnn(Cc4ccnc(C(F)(F)F)c4)c3)nc2C)N1C.S. The summed E-state index contributed by atoms with van der Waals surface area (Å²) in [6.07, 6.45) is 2.30. The van der Waals surface area contributed by atoms with Gasteiger partial charge in [-0.2, -0.15) is 31.8 Å². The van der Waals surface area contributed by atoms with Gasteiger partial charge in [-0.05, 0) is 55.5 Å². The molecule has 11 heteroatoms. The lowest BCUT2D eigenvalue weighted by Gasteiger charge is -2.35. The first kappa shape index (κ1) is 25.5. The van der Waals surface area contributed by atoms with E-state index in [9.17, 15) is 18.0 Å². The maximum Gasteiger partial charge on any atom is 0.433 e. The Hall–Kier alpha value is -3.08. The molecule has 0 aliphatic carbocycles. The summed E-state index contributed by atoms with van der Waals surface area (Å²) in [5.41, 5.74) is 3.91. The molecular weight excluding hydrogens is 465 g/mol. The van der Waals surface area contributed by atoms with E-state index in [0.717, 1.165) is 40.6 Å². The number of nitrogens with one attached hydrogen (secondary N) is 1. The zero-order chi connectivity index (χ0) is 23.8. The topological polar surface area (TPSA) is 75.9 Å². The highest BCUT2D eigenvalue weighted by molar-refractivity contribution is 7.59. The van der Waals surface area contributed by atoms with Crippen molar-refractivity contribution >= 4 is 30.8 Å². The summed E-state index contributed by atoms with van der Waals surface area (Å²) in [5.74, 6) is -0.0193. The zero-order valence-corrected chi connectivity index (χ0v) is 20.1. The highest BCUT2D eigenvalue weighted by atomic mass is 32.1. The number of pyridine rings is 2. The van der Waals surface area contributed by atoms with Gasteiger partial charge in [0.05, 0.1) is 29.8 Å². The number of halogens is 3.